The van der Waals surface area contributed by atoms with E-state index < -0.39 is 0 Å². The summed E-state index contributed by atoms with van der Waals surface area (Å²) in [7, 11) is 1.79. The second-order valence-corrected chi connectivity index (χ2v) is 7.14. The molecule has 2 aromatic rings. The molecule has 0 saturated carbocycles. The van der Waals surface area contributed by atoms with Gasteiger partial charge in [-0.1, -0.05) is 24.6 Å². The van der Waals surface area contributed by atoms with Crippen molar-refractivity contribution in [3.63, 3.8) is 0 Å². The standard InChI is InChI=1S/C21H32N6O.HI/c1-4-26-11-13-27(14-12-26)10-9-23-21(22-3)24-15-19-16-28-20(25-19)18-7-5-17(2)6-8-18;/h5-8,16H,4,9-15H2,1-3H3,(H2,22,23,24);1H. The SMILES string of the molecule is CCN1CCN(CCNC(=NC)NCc2coc(-c3ccc(C)cc3)n2)CC1.I. The molecule has 0 bridgehead atoms. The van der Waals surface area contributed by atoms with E-state index in [9.17, 15) is 0 Å². The zero-order valence-electron chi connectivity index (χ0n) is 17.6. The fourth-order valence-corrected chi connectivity index (χ4v) is 3.27. The smallest absolute Gasteiger partial charge is 0.226 e. The normalized spacial score (nSPS) is 15.8. The molecule has 2 heterocycles. The van der Waals surface area contributed by atoms with Crippen molar-refractivity contribution in [2.24, 2.45) is 4.99 Å². The summed E-state index contributed by atoms with van der Waals surface area (Å²) in [6, 6.07) is 8.18. The highest BCUT2D eigenvalue weighted by Crippen LogP contribution is 2.18. The van der Waals surface area contributed by atoms with Crippen LogP contribution in [0.1, 0.15) is 18.2 Å². The fourth-order valence-electron chi connectivity index (χ4n) is 3.27. The van der Waals surface area contributed by atoms with Crippen molar-refractivity contribution in [1.82, 2.24) is 25.4 Å². The van der Waals surface area contributed by atoms with Crippen LogP contribution in [-0.4, -0.2) is 73.6 Å². The van der Waals surface area contributed by atoms with Crippen molar-refractivity contribution in [2.45, 2.75) is 20.4 Å². The van der Waals surface area contributed by atoms with Crippen molar-refractivity contribution >= 4 is 29.9 Å². The van der Waals surface area contributed by atoms with Gasteiger partial charge in [-0.05, 0) is 25.6 Å². The van der Waals surface area contributed by atoms with E-state index in [-0.39, 0.29) is 24.0 Å². The third-order valence-electron chi connectivity index (χ3n) is 5.14. The molecule has 0 amide bonds. The number of rotatable bonds is 7. The summed E-state index contributed by atoms with van der Waals surface area (Å²) >= 11 is 0. The number of halogens is 1. The average molecular weight is 512 g/mol. The Hall–Kier alpha value is -1.65. The first-order chi connectivity index (χ1) is 13.7. The molecule has 0 spiro atoms. The number of aromatic nitrogens is 1. The van der Waals surface area contributed by atoms with Crippen molar-refractivity contribution in [3.8, 4) is 11.5 Å². The van der Waals surface area contributed by atoms with Crippen LogP contribution in [0.5, 0.6) is 0 Å². The van der Waals surface area contributed by atoms with Gasteiger partial charge < -0.3 is 20.0 Å². The first-order valence-electron chi connectivity index (χ1n) is 10.1. The number of nitrogens with one attached hydrogen (secondary N) is 2. The molecular formula is C21H33IN6O. The number of aliphatic imine (C=N–C) groups is 1. The molecule has 1 fully saturated rings. The van der Waals surface area contributed by atoms with Crippen molar-refractivity contribution in [1.29, 1.82) is 0 Å². The number of hydrogen-bond acceptors (Lipinski definition) is 5. The van der Waals surface area contributed by atoms with Crippen LogP contribution in [0.3, 0.4) is 0 Å². The molecule has 29 heavy (non-hydrogen) atoms. The lowest BCUT2D eigenvalue weighted by Gasteiger charge is -2.34. The van der Waals surface area contributed by atoms with E-state index in [0.29, 0.717) is 12.4 Å². The Kier molecular flexibility index (Phi) is 9.89. The van der Waals surface area contributed by atoms with E-state index in [1.807, 2.05) is 12.1 Å². The fraction of sp³-hybridized carbons (Fsp3) is 0.524. The molecule has 1 aliphatic heterocycles. The molecule has 3 rings (SSSR count). The monoisotopic (exact) mass is 512 g/mol. The third kappa shape index (κ3) is 7.27. The summed E-state index contributed by atoms with van der Waals surface area (Å²) in [6.45, 7) is 12.5. The molecule has 0 atom stereocenters. The topological polar surface area (TPSA) is 68.9 Å². The van der Waals surface area contributed by atoms with Crippen LogP contribution in [0.2, 0.25) is 0 Å². The molecule has 0 radical (unpaired) electrons. The third-order valence-corrected chi connectivity index (χ3v) is 5.14. The summed E-state index contributed by atoms with van der Waals surface area (Å²) in [4.78, 5) is 13.8. The number of oxazole rings is 1. The predicted molar refractivity (Wildman–Crippen MR) is 129 cm³/mol. The van der Waals surface area contributed by atoms with Gasteiger partial charge in [0.05, 0.1) is 12.2 Å². The predicted octanol–water partition coefficient (Wildman–Crippen LogP) is 2.57. The number of likely N-dealkylation sites (N-methyl/N-ethyl adjacent to an activating group) is 1. The molecule has 7 nitrogen and oxygen atoms in total. The van der Waals surface area contributed by atoms with Gasteiger partial charge in [0, 0.05) is 51.9 Å². The quantitative estimate of drug-likeness (QED) is 0.338. The largest absolute Gasteiger partial charge is 0.444 e. The second kappa shape index (κ2) is 12.1. The molecule has 0 unspecified atom stereocenters. The Balaban J connectivity index is 0.00000300. The summed E-state index contributed by atoms with van der Waals surface area (Å²) in [5.74, 6) is 1.43. The summed E-state index contributed by atoms with van der Waals surface area (Å²) in [6.07, 6.45) is 1.70. The maximum absolute atomic E-state index is 5.61. The lowest BCUT2D eigenvalue weighted by Crippen LogP contribution is -2.49. The van der Waals surface area contributed by atoms with Gasteiger partial charge in [0.1, 0.15) is 6.26 Å². The van der Waals surface area contributed by atoms with Gasteiger partial charge in [0.15, 0.2) is 5.96 Å². The van der Waals surface area contributed by atoms with Gasteiger partial charge in [-0.15, -0.1) is 24.0 Å². The highest BCUT2D eigenvalue weighted by Gasteiger charge is 2.14. The molecule has 1 aromatic carbocycles. The maximum Gasteiger partial charge on any atom is 0.226 e. The minimum absolute atomic E-state index is 0. The number of piperazine rings is 1. The number of nitrogens with zero attached hydrogens (tertiary/aromatic N) is 4. The highest BCUT2D eigenvalue weighted by molar-refractivity contribution is 14.0. The van der Waals surface area contributed by atoms with Gasteiger partial charge in [-0.2, -0.15) is 0 Å². The number of guanidine groups is 1. The Bertz CT molecular complexity index is 753. The second-order valence-electron chi connectivity index (χ2n) is 7.14. The summed E-state index contributed by atoms with van der Waals surface area (Å²) in [5, 5.41) is 6.69. The average Bonchev–Trinajstić information content (AvgIpc) is 3.20. The Morgan fingerprint density at radius 2 is 1.79 bits per heavy atom. The molecular weight excluding hydrogens is 479 g/mol. The van der Waals surface area contributed by atoms with Crippen LogP contribution in [-0.2, 0) is 6.54 Å². The van der Waals surface area contributed by atoms with E-state index in [4.69, 9.17) is 4.42 Å². The lowest BCUT2D eigenvalue weighted by molar-refractivity contribution is 0.139. The number of hydrogen-bond donors (Lipinski definition) is 2. The van der Waals surface area contributed by atoms with Crippen molar-refractivity contribution in [2.75, 3.05) is 52.9 Å². The molecule has 160 valence electrons. The summed E-state index contributed by atoms with van der Waals surface area (Å²) < 4.78 is 5.61. The van der Waals surface area contributed by atoms with E-state index in [1.54, 1.807) is 13.3 Å². The molecule has 1 aliphatic rings. The van der Waals surface area contributed by atoms with Crippen molar-refractivity contribution in [3.05, 3.63) is 41.8 Å². The number of benzene rings is 1. The van der Waals surface area contributed by atoms with E-state index >= 15 is 0 Å². The van der Waals surface area contributed by atoms with Crippen LogP contribution in [0.15, 0.2) is 39.9 Å². The van der Waals surface area contributed by atoms with Crippen molar-refractivity contribution < 1.29 is 4.42 Å². The first kappa shape index (κ1) is 23.6. The van der Waals surface area contributed by atoms with Crippen LogP contribution >= 0.6 is 24.0 Å². The minimum Gasteiger partial charge on any atom is -0.444 e. The van der Waals surface area contributed by atoms with Gasteiger partial charge in [0.2, 0.25) is 5.89 Å². The van der Waals surface area contributed by atoms with Crippen LogP contribution in [0.4, 0.5) is 0 Å². The van der Waals surface area contributed by atoms with Gasteiger partial charge in [-0.25, -0.2) is 4.98 Å². The Morgan fingerprint density at radius 3 is 2.45 bits per heavy atom. The van der Waals surface area contributed by atoms with Gasteiger partial charge >= 0.3 is 0 Å². The van der Waals surface area contributed by atoms with Crippen LogP contribution < -0.4 is 10.6 Å². The zero-order valence-corrected chi connectivity index (χ0v) is 20.0. The molecule has 1 saturated heterocycles. The minimum atomic E-state index is 0. The highest BCUT2D eigenvalue weighted by atomic mass is 127. The van der Waals surface area contributed by atoms with E-state index in [2.05, 4.69) is 56.4 Å². The number of aryl methyl sites for hydroxylation is 1. The Labute approximate surface area is 191 Å². The van der Waals surface area contributed by atoms with Crippen LogP contribution in [0, 0.1) is 6.92 Å². The maximum atomic E-state index is 5.61. The first-order valence-corrected chi connectivity index (χ1v) is 10.1. The molecule has 0 aliphatic carbocycles. The molecule has 2 N–H and O–H groups in total. The molecule has 8 heteroatoms. The van der Waals surface area contributed by atoms with E-state index in [0.717, 1.165) is 49.9 Å². The van der Waals surface area contributed by atoms with Gasteiger partial charge in [0.25, 0.3) is 0 Å². The Morgan fingerprint density at radius 1 is 1.10 bits per heavy atom. The zero-order chi connectivity index (χ0) is 19.8. The lowest BCUT2D eigenvalue weighted by atomic mass is 10.1. The molecule has 1 aromatic heterocycles. The van der Waals surface area contributed by atoms with Crippen LogP contribution in [0.25, 0.3) is 11.5 Å². The van der Waals surface area contributed by atoms with E-state index in [1.165, 1.54) is 18.7 Å². The summed E-state index contributed by atoms with van der Waals surface area (Å²) in [5.41, 5.74) is 3.07. The van der Waals surface area contributed by atoms with Gasteiger partial charge in [-0.3, -0.25) is 9.89 Å².